The molecule has 0 saturated heterocycles. The van der Waals surface area contributed by atoms with E-state index in [9.17, 15) is 9.18 Å². The molecule has 3 rings (SSSR count). The van der Waals surface area contributed by atoms with E-state index in [0.29, 0.717) is 18.4 Å². The van der Waals surface area contributed by atoms with E-state index in [4.69, 9.17) is 0 Å². The van der Waals surface area contributed by atoms with Crippen LogP contribution < -0.4 is 5.32 Å². The van der Waals surface area contributed by atoms with Gasteiger partial charge in [0.25, 0.3) is 0 Å². The van der Waals surface area contributed by atoms with Crippen molar-refractivity contribution in [3.05, 3.63) is 53.1 Å². The molecular formula is C16H18FN3O. The molecule has 1 heterocycles. The van der Waals surface area contributed by atoms with E-state index in [1.807, 2.05) is 6.20 Å². The third-order valence-corrected chi connectivity index (χ3v) is 3.95. The minimum Gasteiger partial charge on any atom is -0.348 e. The molecule has 2 N–H and O–H groups in total. The Bertz CT molecular complexity index is 638. The van der Waals surface area contributed by atoms with Crippen LogP contribution in [0.15, 0.2) is 30.5 Å². The van der Waals surface area contributed by atoms with Crippen LogP contribution in [0.3, 0.4) is 0 Å². The van der Waals surface area contributed by atoms with Crippen molar-refractivity contribution in [2.45, 2.75) is 38.1 Å². The number of carbonyl (C=O) groups excluding carboxylic acids is 1. The van der Waals surface area contributed by atoms with E-state index in [1.54, 1.807) is 18.2 Å². The molecule has 0 bridgehead atoms. The summed E-state index contributed by atoms with van der Waals surface area (Å²) < 4.78 is 13.5. The van der Waals surface area contributed by atoms with Crippen molar-refractivity contribution in [1.29, 1.82) is 0 Å². The molecule has 1 aromatic heterocycles. The lowest BCUT2D eigenvalue weighted by Crippen LogP contribution is -2.31. The third kappa shape index (κ3) is 3.12. The highest BCUT2D eigenvalue weighted by molar-refractivity contribution is 5.76. The molecule has 1 atom stereocenters. The van der Waals surface area contributed by atoms with Crippen LogP contribution in [0.2, 0.25) is 0 Å². The molecule has 1 aliphatic rings. The lowest BCUT2D eigenvalue weighted by Gasteiger charge is -2.22. The van der Waals surface area contributed by atoms with Crippen LogP contribution in [0.5, 0.6) is 0 Å². The summed E-state index contributed by atoms with van der Waals surface area (Å²) in [6, 6.07) is 6.58. The maximum absolute atomic E-state index is 13.5. The van der Waals surface area contributed by atoms with Crippen LogP contribution in [0.25, 0.3) is 0 Å². The minimum absolute atomic E-state index is 0.00405. The Balaban J connectivity index is 1.57. The molecule has 1 aliphatic carbocycles. The average Bonchev–Trinajstić information content (AvgIpc) is 2.96. The molecule has 0 spiro atoms. The summed E-state index contributed by atoms with van der Waals surface area (Å²) in [5, 5.41) is 10.0. The Hall–Kier alpha value is -2.17. The van der Waals surface area contributed by atoms with Gasteiger partial charge in [0.2, 0.25) is 5.91 Å². The summed E-state index contributed by atoms with van der Waals surface area (Å²) in [4.78, 5) is 12.1. The van der Waals surface area contributed by atoms with Crippen molar-refractivity contribution in [2.24, 2.45) is 0 Å². The second-order valence-corrected chi connectivity index (χ2v) is 5.41. The van der Waals surface area contributed by atoms with Crippen LogP contribution in [0, 0.1) is 5.82 Å². The fourth-order valence-electron chi connectivity index (χ4n) is 2.82. The van der Waals surface area contributed by atoms with Crippen molar-refractivity contribution in [3.8, 4) is 0 Å². The summed E-state index contributed by atoms with van der Waals surface area (Å²) in [6.07, 6.45) is 5.51. The van der Waals surface area contributed by atoms with Gasteiger partial charge in [0.05, 0.1) is 17.9 Å². The quantitative estimate of drug-likeness (QED) is 0.908. The van der Waals surface area contributed by atoms with Crippen molar-refractivity contribution in [2.75, 3.05) is 0 Å². The summed E-state index contributed by atoms with van der Waals surface area (Å²) in [6.45, 7) is 0. The smallest absolute Gasteiger partial charge is 0.220 e. The van der Waals surface area contributed by atoms with Gasteiger partial charge in [-0.1, -0.05) is 18.2 Å². The lowest BCUT2D eigenvalue weighted by atomic mass is 9.93. The first-order chi connectivity index (χ1) is 10.2. The zero-order valence-corrected chi connectivity index (χ0v) is 11.7. The van der Waals surface area contributed by atoms with Crippen molar-refractivity contribution in [1.82, 2.24) is 15.5 Å². The molecule has 1 aromatic carbocycles. The summed E-state index contributed by atoms with van der Waals surface area (Å²) in [7, 11) is 0. The predicted molar refractivity (Wildman–Crippen MR) is 77.1 cm³/mol. The number of carbonyl (C=O) groups is 1. The number of benzene rings is 1. The van der Waals surface area contributed by atoms with E-state index >= 15 is 0 Å². The van der Waals surface area contributed by atoms with Gasteiger partial charge in [-0.2, -0.15) is 5.10 Å². The van der Waals surface area contributed by atoms with Gasteiger partial charge in [-0.15, -0.1) is 0 Å². The highest BCUT2D eigenvalue weighted by Gasteiger charge is 2.23. The first-order valence-corrected chi connectivity index (χ1v) is 7.29. The normalized spacial score (nSPS) is 17.3. The van der Waals surface area contributed by atoms with Gasteiger partial charge in [0, 0.05) is 6.42 Å². The van der Waals surface area contributed by atoms with Crippen molar-refractivity contribution >= 4 is 5.91 Å². The standard InChI is InChI=1S/C16H18FN3O/c17-13-6-2-1-4-11(13)8-9-15(21)19-14-7-3-5-12-10-18-20-16(12)14/h1-2,4,6,10,14H,3,5,7-9H2,(H,18,20)(H,19,21)/t14-/m0/s1. The Labute approximate surface area is 122 Å². The Kier molecular flexibility index (Phi) is 3.99. The molecule has 0 unspecified atom stereocenters. The number of aryl methyl sites for hydroxylation is 2. The summed E-state index contributed by atoms with van der Waals surface area (Å²) in [5.41, 5.74) is 2.78. The molecule has 110 valence electrons. The fraction of sp³-hybridized carbons (Fsp3) is 0.375. The van der Waals surface area contributed by atoms with Gasteiger partial charge in [-0.05, 0) is 42.9 Å². The lowest BCUT2D eigenvalue weighted by molar-refractivity contribution is -0.121. The Morgan fingerprint density at radius 1 is 1.43 bits per heavy atom. The third-order valence-electron chi connectivity index (χ3n) is 3.95. The van der Waals surface area contributed by atoms with Crippen molar-refractivity contribution < 1.29 is 9.18 Å². The average molecular weight is 287 g/mol. The van der Waals surface area contributed by atoms with Crippen LogP contribution in [-0.4, -0.2) is 16.1 Å². The zero-order valence-electron chi connectivity index (χ0n) is 11.7. The maximum Gasteiger partial charge on any atom is 0.220 e. The van der Waals surface area contributed by atoms with Gasteiger partial charge in [-0.3, -0.25) is 9.89 Å². The number of fused-ring (bicyclic) bond motifs is 1. The fourth-order valence-corrected chi connectivity index (χ4v) is 2.82. The molecular weight excluding hydrogens is 269 g/mol. The van der Waals surface area contributed by atoms with E-state index < -0.39 is 0 Å². The van der Waals surface area contributed by atoms with Gasteiger partial charge in [0.1, 0.15) is 5.82 Å². The number of hydrogen-bond donors (Lipinski definition) is 2. The van der Waals surface area contributed by atoms with Crippen LogP contribution in [0.4, 0.5) is 4.39 Å². The number of H-pyrrole nitrogens is 1. The molecule has 4 nitrogen and oxygen atoms in total. The van der Waals surface area contributed by atoms with Crippen LogP contribution in [0.1, 0.15) is 42.1 Å². The second kappa shape index (κ2) is 6.08. The zero-order chi connectivity index (χ0) is 14.7. The number of nitrogens with zero attached hydrogens (tertiary/aromatic N) is 1. The first-order valence-electron chi connectivity index (χ1n) is 7.29. The molecule has 0 aliphatic heterocycles. The second-order valence-electron chi connectivity index (χ2n) is 5.41. The Morgan fingerprint density at radius 3 is 3.14 bits per heavy atom. The van der Waals surface area contributed by atoms with E-state index in [-0.39, 0.29) is 17.8 Å². The monoisotopic (exact) mass is 287 g/mol. The number of nitrogens with one attached hydrogen (secondary N) is 2. The maximum atomic E-state index is 13.5. The van der Waals surface area contributed by atoms with E-state index in [1.165, 1.54) is 11.6 Å². The van der Waals surface area contributed by atoms with Crippen molar-refractivity contribution in [3.63, 3.8) is 0 Å². The predicted octanol–water partition coefficient (Wildman–Crippen LogP) is 2.68. The number of hydrogen-bond acceptors (Lipinski definition) is 2. The largest absolute Gasteiger partial charge is 0.348 e. The number of rotatable bonds is 4. The molecule has 0 saturated carbocycles. The van der Waals surface area contributed by atoms with Gasteiger partial charge < -0.3 is 5.32 Å². The molecule has 1 amide bonds. The topological polar surface area (TPSA) is 57.8 Å². The minimum atomic E-state index is -0.251. The SMILES string of the molecule is O=C(CCc1ccccc1F)N[C@H]1CCCc2cn[nH]c21. The molecule has 21 heavy (non-hydrogen) atoms. The number of amides is 1. The summed E-state index contributed by atoms with van der Waals surface area (Å²) >= 11 is 0. The molecule has 0 radical (unpaired) electrons. The van der Waals surface area contributed by atoms with Crippen LogP contribution >= 0.6 is 0 Å². The van der Waals surface area contributed by atoms with E-state index in [0.717, 1.165) is 25.0 Å². The first kappa shape index (κ1) is 13.8. The highest BCUT2D eigenvalue weighted by atomic mass is 19.1. The van der Waals surface area contributed by atoms with Gasteiger partial charge >= 0.3 is 0 Å². The highest BCUT2D eigenvalue weighted by Crippen LogP contribution is 2.27. The number of aromatic amines is 1. The summed E-state index contributed by atoms with van der Waals surface area (Å²) in [5.74, 6) is -0.301. The number of aromatic nitrogens is 2. The van der Waals surface area contributed by atoms with E-state index in [2.05, 4.69) is 15.5 Å². The molecule has 2 aromatic rings. The van der Waals surface area contributed by atoms with Gasteiger partial charge in [-0.25, -0.2) is 4.39 Å². The van der Waals surface area contributed by atoms with Crippen LogP contribution in [-0.2, 0) is 17.6 Å². The Morgan fingerprint density at radius 2 is 2.29 bits per heavy atom. The molecule has 5 heteroatoms. The van der Waals surface area contributed by atoms with Gasteiger partial charge in [0.15, 0.2) is 0 Å². The molecule has 0 fully saturated rings. The number of halogens is 1.